The molecule has 8 atom stereocenters. The zero-order valence-electron chi connectivity index (χ0n) is 23.7. The first-order valence-corrected chi connectivity index (χ1v) is 14.0. The van der Waals surface area contributed by atoms with Gasteiger partial charge < -0.3 is 14.9 Å². The van der Waals surface area contributed by atoms with Crippen LogP contribution in [0.2, 0.25) is 0 Å². The lowest BCUT2D eigenvalue weighted by atomic mass is 9.43. The van der Waals surface area contributed by atoms with Crippen LogP contribution in [0.25, 0.3) is 0 Å². The first-order valence-electron chi connectivity index (χ1n) is 14.0. The molecule has 0 radical (unpaired) electrons. The fraction of sp³-hybridized carbons (Fsp3) is 0.806. The maximum Gasteiger partial charge on any atom is 0.333 e. The van der Waals surface area contributed by atoms with Crippen LogP contribution in [0.4, 0.5) is 0 Å². The maximum absolute atomic E-state index is 13.8. The van der Waals surface area contributed by atoms with Gasteiger partial charge in [0.2, 0.25) is 0 Å². The fourth-order valence-electron chi connectivity index (χ4n) is 9.38. The maximum atomic E-state index is 13.8. The summed E-state index contributed by atoms with van der Waals surface area (Å²) in [5, 5.41) is 21.6. The number of hydrogen-bond donors (Lipinski definition) is 2. The van der Waals surface area contributed by atoms with Gasteiger partial charge in [-0.1, -0.05) is 47.1 Å². The third-order valence-corrected chi connectivity index (χ3v) is 11.9. The molecule has 5 nitrogen and oxygen atoms in total. The van der Waals surface area contributed by atoms with Crippen molar-refractivity contribution < 1.29 is 24.5 Å². The highest BCUT2D eigenvalue weighted by molar-refractivity contribution is 6.01. The molecule has 0 unspecified atom stereocenters. The second-order valence-electron chi connectivity index (χ2n) is 13.9. The van der Waals surface area contributed by atoms with Gasteiger partial charge in [0.25, 0.3) is 0 Å². The van der Waals surface area contributed by atoms with Gasteiger partial charge in [0.05, 0.1) is 19.3 Å². The summed E-state index contributed by atoms with van der Waals surface area (Å²) in [6.07, 6.45) is 7.56. The molecular formula is C31H48O5. The Labute approximate surface area is 217 Å². The monoisotopic (exact) mass is 500 g/mol. The topological polar surface area (TPSA) is 83.8 Å². The standard InChI is InChI=1S/C31H48O5/c1-18(27(35)36-8)15-20(32)16-19(2)31(7)17-23(33)26-21-9-10-24-28(3,4)25(34)12-13-29(24,5)22(21)11-14-30(26,31)6/h15,19-20,22,24-25,32,34H,9-14,16-17H2,1-8H3/b18-15-/t19-,20+,22+,24+,25-,29-,30-,31+/m1/s1. The summed E-state index contributed by atoms with van der Waals surface area (Å²) in [7, 11) is 1.34. The number of esters is 1. The van der Waals surface area contributed by atoms with Crippen molar-refractivity contribution in [3.05, 3.63) is 22.8 Å². The van der Waals surface area contributed by atoms with E-state index in [-0.39, 0.29) is 33.7 Å². The van der Waals surface area contributed by atoms with E-state index in [1.807, 2.05) is 0 Å². The van der Waals surface area contributed by atoms with Crippen LogP contribution >= 0.6 is 0 Å². The molecule has 0 amide bonds. The highest BCUT2D eigenvalue weighted by Gasteiger charge is 2.64. The van der Waals surface area contributed by atoms with Crippen molar-refractivity contribution in [1.82, 2.24) is 0 Å². The van der Waals surface area contributed by atoms with E-state index < -0.39 is 12.1 Å². The third kappa shape index (κ3) is 3.86. The van der Waals surface area contributed by atoms with E-state index in [2.05, 4.69) is 41.5 Å². The Morgan fingerprint density at radius 1 is 1.14 bits per heavy atom. The predicted molar refractivity (Wildman–Crippen MR) is 141 cm³/mol. The lowest BCUT2D eigenvalue weighted by molar-refractivity contribution is -0.136. The number of Topliss-reactive ketones (excluding diaryl/α,β-unsaturated/α-hetero) is 1. The fourth-order valence-corrected chi connectivity index (χ4v) is 9.38. The van der Waals surface area contributed by atoms with Crippen LogP contribution in [0.3, 0.4) is 0 Å². The second kappa shape index (κ2) is 9.08. The number of allylic oxidation sites excluding steroid dienone is 2. The molecule has 202 valence electrons. The average molecular weight is 501 g/mol. The highest BCUT2D eigenvalue weighted by atomic mass is 16.5. The van der Waals surface area contributed by atoms with E-state index in [4.69, 9.17) is 4.74 Å². The summed E-state index contributed by atoms with van der Waals surface area (Å²) in [6.45, 7) is 15.3. The molecule has 3 saturated carbocycles. The molecule has 2 N–H and O–H groups in total. The van der Waals surface area contributed by atoms with Gasteiger partial charge in [0.1, 0.15) is 0 Å². The van der Waals surface area contributed by atoms with Gasteiger partial charge >= 0.3 is 5.97 Å². The number of ether oxygens (including phenoxy) is 1. The number of carbonyl (C=O) groups is 2. The predicted octanol–water partition coefficient (Wildman–Crippen LogP) is 5.78. The average Bonchev–Trinajstić information content (AvgIpc) is 3.01. The van der Waals surface area contributed by atoms with Crippen molar-refractivity contribution in [2.45, 2.75) is 112 Å². The van der Waals surface area contributed by atoms with Gasteiger partial charge in [0, 0.05) is 23.0 Å². The number of methoxy groups -OCH3 is 1. The van der Waals surface area contributed by atoms with E-state index in [1.165, 1.54) is 12.7 Å². The molecule has 0 aromatic rings. The van der Waals surface area contributed by atoms with Crippen molar-refractivity contribution in [3.8, 4) is 0 Å². The van der Waals surface area contributed by atoms with E-state index in [9.17, 15) is 19.8 Å². The molecule has 5 heteroatoms. The minimum atomic E-state index is -0.757. The third-order valence-electron chi connectivity index (χ3n) is 11.9. The van der Waals surface area contributed by atoms with Crippen molar-refractivity contribution in [2.24, 2.45) is 39.4 Å². The van der Waals surface area contributed by atoms with Gasteiger partial charge in [-0.05, 0) is 91.9 Å². The number of aliphatic hydroxyl groups is 2. The van der Waals surface area contributed by atoms with Crippen molar-refractivity contribution in [1.29, 1.82) is 0 Å². The Balaban J connectivity index is 1.65. The Morgan fingerprint density at radius 2 is 1.81 bits per heavy atom. The number of aliphatic hydroxyl groups excluding tert-OH is 2. The molecule has 0 bridgehead atoms. The Morgan fingerprint density at radius 3 is 2.44 bits per heavy atom. The van der Waals surface area contributed by atoms with Gasteiger partial charge in [-0.2, -0.15) is 0 Å². The molecular weight excluding hydrogens is 452 g/mol. The van der Waals surface area contributed by atoms with Crippen LogP contribution in [0.15, 0.2) is 22.8 Å². The minimum Gasteiger partial charge on any atom is -0.466 e. The Bertz CT molecular complexity index is 991. The quantitative estimate of drug-likeness (QED) is 0.369. The van der Waals surface area contributed by atoms with Crippen LogP contribution in [0, 0.1) is 39.4 Å². The first-order chi connectivity index (χ1) is 16.6. The van der Waals surface area contributed by atoms with E-state index in [0.29, 0.717) is 36.0 Å². The largest absolute Gasteiger partial charge is 0.466 e. The molecule has 0 saturated heterocycles. The first kappa shape index (κ1) is 27.6. The summed E-state index contributed by atoms with van der Waals surface area (Å²) in [5.74, 6) is 0.870. The minimum absolute atomic E-state index is 0.0986. The Hall–Kier alpha value is -1.46. The van der Waals surface area contributed by atoms with Crippen LogP contribution in [-0.4, -0.2) is 41.3 Å². The summed E-state index contributed by atoms with van der Waals surface area (Å²) in [6, 6.07) is 0. The van der Waals surface area contributed by atoms with Crippen LogP contribution in [0.1, 0.15) is 99.8 Å². The zero-order valence-corrected chi connectivity index (χ0v) is 23.7. The number of rotatable bonds is 5. The van der Waals surface area contributed by atoms with Crippen LogP contribution in [-0.2, 0) is 14.3 Å². The number of fused-ring (bicyclic) bond motifs is 4. The normalized spacial score (nSPS) is 41.8. The van der Waals surface area contributed by atoms with Crippen molar-refractivity contribution in [2.75, 3.05) is 7.11 Å². The lowest BCUT2D eigenvalue weighted by Crippen LogP contribution is -2.56. The lowest BCUT2D eigenvalue weighted by Gasteiger charge is -2.62. The summed E-state index contributed by atoms with van der Waals surface area (Å²) in [5.41, 5.74) is 2.50. The summed E-state index contributed by atoms with van der Waals surface area (Å²) >= 11 is 0. The van der Waals surface area contributed by atoms with Crippen molar-refractivity contribution >= 4 is 11.8 Å². The van der Waals surface area contributed by atoms with Crippen molar-refractivity contribution in [3.63, 3.8) is 0 Å². The van der Waals surface area contributed by atoms with E-state index in [0.717, 1.165) is 44.1 Å². The van der Waals surface area contributed by atoms with E-state index in [1.54, 1.807) is 13.0 Å². The molecule has 0 spiro atoms. The molecule has 3 fully saturated rings. The molecule has 0 aliphatic heterocycles. The van der Waals surface area contributed by atoms with E-state index >= 15 is 0 Å². The van der Waals surface area contributed by atoms with Crippen LogP contribution < -0.4 is 0 Å². The molecule has 4 aliphatic carbocycles. The number of carbonyl (C=O) groups excluding carboxylic acids is 2. The van der Waals surface area contributed by atoms with Gasteiger partial charge in [0.15, 0.2) is 5.78 Å². The SMILES string of the molecule is COC(=O)/C(C)=C\[C@H](O)C[C@@H](C)[C@]1(C)CC(=O)C2=C3CC[C@H]4C(C)(C)[C@H](O)CC[C@]4(C)[C@H]3CC[C@]21C. The summed E-state index contributed by atoms with van der Waals surface area (Å²) < 4.78 is 4.77. The molecule has 36 heavy (non-hydrogen) atoms. The van der Waals surface area contributed by atoms with Gasteiger partial charge in [-0.3, -0.25) is 4.79 Å². The van der Waals surface area contributed by atoms with Gasteiger partial charge in [-0.15, -0.1) is 0 Å². The smallest absolute Gasteiger partial charge is 0.333 e. The van der Waals surface area contributed by atoms with Crippen LogP contribution in [0.5, 0.6) is 0 Å². The molecule has 4 rings (SSSR count). The molecule has 0 aromatic carbocycles. The van der Waals surface area contributed by atoms with Gasteiger partial charge in [-0.25, -0.2) is 4.79 Å². The molecule has 0 heterocycles. The highest BCUT2D eigenvalue weighted by Crippen LogP contribution is 2.70. The summed E-state index contributed by atoms with van der Waals surface area (Å²) in [4.78, 5) is 25.6. The second-order valence-corrected chi connectivity index (χ2v) is 13.9. The molecule has 0 aromatic heterocycles. The number of hydrogen-bond acceptors (Lipinski definition) is 5. The zero-order chi connectivity index (χ0) is 26.8. The Kier molecular flexibility index (Phi) is 6.95. The number of ketones is 1. The molecule has 4 aliphatic rings.